The van der Waals surface area contributed by atoms with Gasteiger partial charge < -0.3 is 4.74 Å². The molecular formula is C9H16O3S. The second-order valence-electron chi connectivity index (χ2n) is 3.47. The molecule has 0 saturated carbocycles. The molecule has 0 spiro atoms. The lowest BCUT2D eigenvalue weighted by molar-refractivity contribution is 0.113. The van der Waals surface area contributed by atoms with Gasteiger partial charge in [0.2, 0.25) is 0 Å². The largest absolute Gasteiger partial charge is 0.498 e. The first-order valence-corrected chi connectivity index (χ1v) is 6.34. The van der Waals surface area contributed by atoms with Gasteiger partial charge in [-0.1, -0.05) is 6.08 Å². The van der Waals surface area contributed by atoms with Crippen LogP contribution in [-0.2, 0) is 14.6 Å². The number of hydrogen-bond acceptors (Lipinski definition) is 3. The van der Waals surface area contributed by atoms with Crippen LogP contribution in [0.1, 0.15) is 20.3 Å². The van der Waals surface area contributed by atoms with E-state index >= 15 is 0 Å². The standard InChI is InChI=1S/C9H16O3S/c1-3-5-12-8(2)9-4-6-13(10,11)7-9/h3,5,8-9H,4,6-7H2,1-2H3/b5-3+. The molecule has 0 aliphatic carbocycles. The van der Waals surface area contributed by atoms with Crippen molar-refractivity contribution in [2.45, 2.75) is 26.4 Å². The van der Waals surface area contributed by atoms with Crippen molar-refractivity contribution in [2.75, 3.05) is 11.5 Å². The Morgan fingerprint density at radius 2 is 2.23 bits per heavy atom. The lowest BCUT2D eigenvalue weighted by atomic mass is 10.0. The molecule has 1 aliphatic rings. The van der Waals surface area contributed by atoms with Crippen LogP contribution < -0.4 is 0 Å². The molecule has 2 atom stereocenters. The van der Waals surface area contributed by atoms with E-state index in [-0.39, 0.29) is 17.8 Å². The third-order valence-corrected chi connectivity index (χ3v) is 4.15. The zero-order valence-electron chi connectivity index (χ0n) is 8.06. The number of ether oxygens (including phenoxy) is 1. The minimum Gasteiger partial charge on any atom is -0.498 e. The van der Waals surface area contributed by atoms with Gasteiger partial charge in [-0.2, -0.15) is 0 Å². The molecule has 0 amide bonds. The van der Waals surface area contributed by atoms with Crippen molar-refractivity contribution in [2.24, 2.45) is 5.92 Å². The maximum atomic E-state index is 11.1. The highest BCUT2D eigenvalue weighted by molar-refractivity contribution is 7.91. The summed E-state index contributed by atoms with van der Waals surface area (Å²) in [5, 5.41) is 0. The molecule has 0 radical (unpaired) electrons. The maximum Gasteiger partial charge on any atom is 0.150 e. The SMILES string of the molecule is C/C=C/OC(C)C1CCS(=O)(=O)C1. The molecule has 1 rings (SSSR count). The van der Waals surface area contributed by atoms with Crippen molar-refractivity contribution in [3.05, 3.63) is 12.3 Å². The molecule has 1 saturated heterocycles. The number of rotatable bonds is 3. The fraction of sp³-hybridized carbons (Fsp3) is 0.778. The molecule has 4 heteroatoms. The van der Waals surface area contributed by atoms with Gasteiger partial charge in [-0.05, 0) is 20.3 Å². The highest BCUT2D eigenvalue weighted by atomic mass is 32.2. The van der Waals surface area contributed by atoms with Crippen molar-refractivity contribution in [1.82, 2.24) is 0 Å². The van der Waals surface area contributed by atoms with E-state index in [0.29, 0.717) is 5.75 Å². The minimum absolute atomic E-state index is 0.00785. The van der Waals surface area contributed by atoms with Gasteiger partial charge in [0.25, 0.3) is 0 Å². The van der Waals surface area contributed by atoms with Gasteiger partial charge in [-0.3, -0.25) is 0 Å². The van der Waals surface area contributed by atoms with Crippen LogP contribution in [0.3, 0.4) is 0 Å². The number of sulfone groups is 1. The smallest absolute Gasteiger partial charge is 0.150 e. The molecule has 76 valence electrons. The normalized spacial score (nSPS) is 29.2. The van der Waals surface area contributed by atoms with Crippen LogP contribution in [0.5, 0.6) is 0 Å². The highest BCUT2D eigenvalue weighted by Gasteiger charge is 2.32. The molecule has 1 fully saturated rings. The van der Waals surface area contributed by atoms with E-state index in [0.717, 1.165) is 6.42 Å². The van der Waals surface area contributed by atoms with Crippen LogP contribution in [0.2, 0.25) is 0 Å². The Morgan fingerprint density at radius 3 is 2.69 bits per heavy atom. The summed E-state index contributed by atoms with van der Waals surface area (Å²) >= 11 is 0. The zero-order chi connectivity index (χ0) is 9.90. The third kappa shape index (κ3) is 3.03. The van der Waals surface area contributed by atoms with Crippen LogP contribution in [0, 0.1) is 5.92 Å². The van der Waals surface area contributed by atoms with Crippen LogP contribution in [0.4, 0.5) is 0 Å². The molecule has 1 heterocycles. The molecule has 0 aromatic rings. The van der Waals surface area contributed by atoms with Crippen molar-refractivity contribution >= 4 is 9.84 Å². The molecular weight excluding hydrogens is 188 g/mol. The molecule has 0 aromatic carbocycles. The van der Waals surface area contributed by atoms with Gasteiger partial charge in [0.1, 0.15) is 0 Å². The topological polar surface area (TPSA) is 43.4 Å². The third-order valence-electron chi connectivity index (χ3n) is 2.36. The van der Waals surface area contributed by atoms with Gasteiger partial charge in [0.05, 0.1) is 23.9 Å². The lowest BCUT2D eigenvalue weighted by Crippen LogP contribution is -2.19. The Hall–Kier alpha value is -0.510. The molecule has 0 bridgehead atoms. The number of allylic oxidation sites excluding steroid dienone is 1. The van der Waals surface area contributed by atoms with Gasteiger partial charge >= 0.3 is 0 Å². The fourth-order valence-electron chi connectivity index (χ4n) is 1.51. The summed E-state index contributed by atoms with van der Waals surface area (Å²) in [5.74, 6) is 0.772. The van der Waals surface area contributed by atoms with E-state index < -0.39 is 9.84 Å². The molecule has 0 aromatic heterocycles. The molecule has 1 aliphatic heterocycles. The first-order chi connectivity index (χ1) is 6.05. The summed E-state index contributed by atoms with van der Waals surface area (Å²) < 4.78 is 27.6. The van der Waals surface area contributed by atoms with E-state index in [1.165, 1.54) is 0 Å². The molecule has 3 nitrogen and oxygen atoms in total. The molecule has 13 heavy (non-hydrogen) atoms. The summed E-state index contributed by atoms with van der Waals surface area (Å²) in [7, 11) is -2.77. The predicted octanol–water partition coefficient (Wildman–Crippen LogP) is 1.36. The monoisotopic (exact) mass is 204 g/mol. The first kappa shape index (κ1) is 10.6. The maximum absolute atomic E-state index is 11.1. The Morgan fingerprint density at radius 1 is 1.54 bits per heavy atom. The first-order valence-electron chi connectivity index (χ1n) is 4.52. The van der Waals surface area contributed by atoms with Gasteiger partial charge in [0, 0.05) is 5.92 Å². The Bertz CT molecular complexity index is 279. The van der Waals surface area contributed by atoms with Crippen molar-refractivity contribution < 1.29 is 13.2 Å². The quantitative estimate of drug-likeness (QED) is 0.652. The average molecular weight is 204 g/mol. The van der Waals surface area contributed by atoms with E-state index in [4.69, 9.17) is 4.74 Å². The van der Waals surface area contributed by atoms with E-state index in [1.54, 1.807) is 12.3 Å². The van der Waals surface area contributed by atoms with E-state index in [9.17, 15) is 8.42 Å². The van der Waals surface area contributed by atoms with E-state index in [2.05, 4.69) is 0 Å². The molecule has 0 N–H and O–H groups in total. The van der Waals surface area contributed by atoms with Crippen LogP contribution in [0.15, 0.2) is 12.3 Å². The minimum atomic E-state index is -2.77. The van der Waals surface area contributed by atoms with Crippen molar-refractivity contribution in [1.29, 1.82) is 0 Å². The van der Waals surface area contributed by atoms with Crippen molar-refractivity contribution in [3.63, 3.8) is 0 Å². The Labute approximate surface area is 79.7 Å². The second-order valence-corrected chi connectivity index (χ2v) is 5.70. The Balaban J connectivity index is 2.46. The summed E-state index contributed by atoms with van der Waals surface area (Å²) in [5.41, 5.74) is 0. The van der Waals surface area contributed by atoms with Gasteiger partial charge in [-0.15, -0.1) is 0 Å². The predicted molar refractivity (Wildman–Crippen MR) is 52.1 cm³/mol. The highest BCUT2D eigenvalue weighted by Crippen LogP contribution is 2.23. The zero-order valence-corrected chi connectivity index (χ0v) is 8.88. The lowest BCUT2D eigenvalue weighted by Gasteiger charge is -2.16. The summed E-state index contributed by atoms with van der Waals surface area (Å²) in [6.45, 7) is 3.80. The average Bonchev–Trinajstić information content (AvgIpc) is 2.42. The summed E-state index contributed by atoms with van der Waals surface area (Å²) in [6.07, 6.45) is 4.17. The summed E-state index contributed by atoms with van der Waals surface area (Å²) in [4.78, 5) is 0. The molecule has 2 unspecified atom stereocenters. The van der Waals surface area contributed by atoms with Crippen LogP contribution in [-0.4, -0.2) is 26.0 Å². The summed E-state index contributed by atoms with van der Waals surface area (Å²) in [6, 6.07) is 0. The fourth-order valence-corrected chi connectivity index (χ4v) is 3.43. The van der Waals surface area contributed by atoms with Crippen LogP contribution in [0.25, 0.3) is 0 Å². The van der Waals surface area contributed by atoms with Crippen LogP contribution >= 0.6 is 0 Å². The Kier molecular flexibility index (Phi) is 3.36. The second kappa shape index (κ2) is 4.13. The number of hydrogen-bond donors (Lipinski definition) is 0. The van der Waals surface area contributed by atoms with Crippen molar-refractivity contribution in [3.8, 4) is 0 Å². The van der Waals surface area contributed by atoms with E-state index in [1.807, 2.05) is 13.8 Å². The van der Waals surface area contributed by atoms with Gasteiger partial charge in [0.15, 0.2) is 9.84 Å². The van der Waals surface area contributed by atoms with Gasteiger partial charge in [-0.25, -0.2) is 8.42 Å².